The Morgan fingerprint density at radius 3 is 0.744 bits per heavy atom. The first kappa shape index (κ1) is 78.6. The zero-order chi connectivity index (χ0) is 59.2. The lowest BCUT2D eigenvalue weighted by atomic mass is 10.0. The Balaban J connectivity index is 4.17. The van der Waals surface area contributed by atoms with E-state index in [2.05, 4.69) is 106 Å². The third kappa shape index (κ3) is 67.4. The van der Waals surface area contributed by atoms with Crippen LogP contribution in [0.2, 0.25) is 0 Å². The van der Waals surface area contributed by atoms with Gasteiger partial charge in [-0.05, 0) is 96.3 Å². The van der Waals surface area contributed by atoms with Gasteiger partial charge in [0, 0.05) is 19.3 Å². The van der Waals surface area contributed by atoms with Crippen molar-refractivity contribution >= 4 is 17.9 Å². The average Bonchev–Trinajstić information content (AvgIpc) is 3.48. The highest BCUT2D eigenvalue weighted by atomic mass is 16.6. The molecule has 0 rings (SSSR count). The lowest BCUT2D eigenvalue weighted by molar-refractivity contribution is -0.167. The van der Waals surface area contributed by atoms with E-state index in [1.54, 1.807) is 0 Å². The largest absolute Gasteiger partial charge is 0.462 e. The minimum absolute atomic E-state index is 0.0732. The molecule has 0 aliphatic rings. The van der Waals surface area contributed by atoms with Crippen LogP contribution in [0.4, 0.5) is 0 Å². The van der Waals surface area contributed by atoms with Gasteiger partial charge in [-0.15, -0.1) is 0 Å². The van der Waals surface area contributed by atoms with Crippen LogP contribution >= 0.6 is 0 Å². The maximum atomic E-state index is 12.9. The second-order valence-electron chi connectivity index (χ2n) is 23.8. The molecule has 6 nitrogen and oxygen atoms in total. The van der Waals surface area contributed by atoms with Gasteiger partial charge in [-0.25, -0.2) is 0 Å². The number of allylic oxidation sites excluding steroid dienone is 14. The van der Waals surface area contributed by atoms with Crippen LogP contribution < -0.4 is 0 Å². The summed E-state index contributed by atoms with van der Waals surface area (Å²) < 4.78 is 17.0. The Labute approximate surface area is 509 Å². The van der Waals surface area contributed by atoms with Gasteiger partial charge < -0.3 is 14.2 Å². The molecule has 0 spiro atoms. The molecule has 1 unspecified atom stereocenters. The lowest BCUT2D eigenvalue weighted by Crippen LogP contribution is -2.30. The third-order valence-corrected chi connectivity index (χ3v) is 15.6. The normalized spacial score (nSPS) is 12.6. The van der Waals surface area contributed by atoms with Gasteiger partial charge in [-0.2, -0.15) is 0 Å². The van der Waals surface area contributed by atoms with Gasteiger partial charge in [0.2, 0.25) is 0 Å². The summed E-state index contributed by atoms with van der Waals surface area (Å²) in [5.41, 5.74) is 0. The Hall–Kier alpha value is -3.41. The van der Waals surface area contributed by atoms with Crippen LogP contribution in [0.5, 0.6) is 0 Å². The second-order valence-corrected chi connectivity index (χ2v) is 23.8. The van der Waals surface area contributed by atoms with Crippen molar-refractivity contribution in [3.63, 3.8) is 0 Å². The van der Waals surface area contributed by atoms with E-state index in [9.17, 15) is 14.4 Å². The van der Waals surface area contributed by atoms with Crippen molar-refractivity contribution < 1.29 is 28.6 Å². The predicted molar refractivity (Wildman–Crippen MR) is 358 cm³/mol. The summed E-state index contributed by atoms with van der Waals surface area (Å²) in [6, 6.07) is 0. The highest BCUT2D eigenvalue weighted by molar-refractivity contribution is 5.71. The molecular formula is C76H134O6. The summed E-state index contributed by atoms with van der Waals surface area (Å²) >= 11 is 0. The number of rotatable bonds is 65. The van der Waals surface area contributed by atoms with Gasteiger partial charge in [0.1, 0.15) is 13.2 Å². The molecule has 6 heteroatoms. The number of carbonyl (C=O) groups excluding carboxylic acids is 3. The minimum Gasteiger partial charge on any atom is -0.462 e. The first-order chi connectivity index (χ1) is 40.5. The molecule has 0 aromatic carbocycles. The van der Waals surface area contributed by atoms with E-state index in [1.807, 2.05) is 0 Å². The fraction of sp³-hybridized carbons (Fsp3) is 0.776. The molecule has 0 saturated carbocycles. The summed E-state index contributed by atoms with van der Waals surface area (Å²) in [5.74, 6) is -0.860. The molecule has 0 fully saturated rings. The second kappa shape index (κ2) is 70.1. The van der Waals surface area contributed by atoms with Gasteiger partial charge in [-0.1, -0.05) is 331 Å². The summed E-state index contributed by atoms with van der Waals surface area (Å²) in [5, 5.41) is 0. The molecule has 0 aromatic rings. The van der Waals surface area contributed by atoms with Gasteiger partial charge in [0.25, 0.3) is 0 Å². The summed E-state index contributed by atoms with van der Waals surface area (Å²) in [6.45, 7) is 6.55. The summed E-state index contributed by atoms with van der Waals surface area (Å²) in [6.07, 6.45) is 93.3. The van der Waals surface area contributed by atoms with Crippen molar-refractivity contribution in [2.45, 2.75) is 367 Å². The fourth-order valence-electron chi connectivity index (χ4n) is 10.3. The lowest BCUT2D eigenvalue weighted by Gasteiger charge is -2.18. The topological polar surface area (TPSA) is 78.9 Å². The standard InChI is InChI=1S/C76H134O6/c1-4-7-10-13-16-19-22-24-26-28-30-32-34-36-37-38-39-41-42-44-46-48-50-52-54-57-60-63-66-69-75(78)81-72-73(71-80-74(77)68-65-62-59-56-21-18-15-12-9-6-3)82-76(79)70-67-64-61-58-55-53-51-49-47-45-43-40-35-33-31-29-27-25-23-20-17-14-11-8-5-2/h7,10,16,19,23-26,29-32,35,40,73H,4-6,8-9,11-15,17-18,20-22,27-28,33-34,36-39,41-72H2,1-3H3/b10-7-,19-16-,25-23-,26-24-,31-29-,32-30-,40-35-. The van der Waals surface area contributed by atoms with Crippen molar-refractivity contribution in [3.8, 4) is 0 Å². The zero-order valence-corrected chi connectivity index (χ0v) is 54.5. The van der Waals surface area contributed by atoms with Crippen LogP contribution in [-0.2, 0) is 28.6 Å². The maximum Gasteiger partial charge on any atom is 0.306 e. The van der Waals surface area contributed by atoms with Gasteiger partial charge in [0.05, 0.1) is 0 Å². The van der Waals surface area contributed by atoms with Crippen molar-refractivity contribution in [2.75, 3.05) is 13.2 Å². The molecule has 0 aromatic heterocycles. The molecule has 0 radical (unpaired) electrons. The van der Waals surface area contributed by atoms with Crippen molar-refractivity contribution in [3.05, 3.63) is 85.1 Å². The van der Waals surface area contributed by atoms with Crippen LogP contribution in [0, 0.1) is 0 Å². The molecule has 0 aliphatic heterocycles. The smallest absolute Gasteiger partial charge is 0.306 e. The highest BCUT2D eigenvalue weighted by Gasteiger charge is 2.19. The monoisotopic (exact) mass is 1140 g/mol. The quantitative estimate of drug-likeness (QED) is 0.0261. The molecule has 0 N–H and O–H groups in total. The Kier molecular flexibility index (Phi) is 67.2. The Morgan fingerprint density at radius 2 is 0.476 bits per heavy atom. The molecular weight excluding hydrogens is 1010 g/mol. The number of hydrogen-bond acceptors (Lipinski definition) is 6. The molecule has 0 bridgehead atoms. The van der Waals surface area contributed by atoms with Crippen molar-refractivity contribution in [2.24, 2.45) is 0 Å². The number of ether oxygens (including phenoxy) is 3. The number of esters is 3. The Morgan fingerprint density at radius 1 is 0.256 bits per heavy atom. The van der Waals surface area contributed by atoms with Gasteiger partial charge >= 0.3 is 17.9 Å². The van der Waals surface area contributed by atoms with E-state index in [0.717, 1.165) is 96.3 Å². The highest BCUT2D eigenvalue weighted by Crippen LogP contribution is 2.18. The molecule has 0 saturated heterocycles. The SMILES string of the molecule is CC/C=C\C/C=C\C/C=C\C/C=C\CCCCCCCCCCCCCCCCCCC(=O)OCC(COC(=O)CCCCCCCCCCCC)OC(=O)CCCCCCCCCCCC/C=C\C/C=C\C/C=C\CCCCCCC. The minimum atomic E-state index is -0.777. The molecule has 0 heterocycles. The molecule has 82 heavy (non-hydrogen) atoms. The maximum absolute atomic E-state index is 12.9. The van der Waals surface area contributed by atoms with E-state index < -0.39 is 6.10 Å². The van der Waals surface area contributed by atoms with Gasteiger partial charge in [0.15, 0.2) is 6.10 Å². The fourth-order valence-corrected chi connectivity index (χ4v) is 10.3. The number of carbonyl (C=O) groups is 3. The first-order valence-corrected chi connectivity index (χ1v) is 35.6. The average molecular weight is 1140 g/mol. The summed E-state index contributed by atoms with van der Waals surface area (Å²) in [4.78, 5) is 38.4. The van der Waals surface area contributed by atoms with Crippen LogP contribution in [0.3, 0.4) is 0 Å². The molecule has 1 atom stereocenters. The van der Waals surface area contributed by atoms with Crippen LogP contribution in [0.15, 0.2) is 85.1 Å². The molecule has 474 valence electrons. The van der Waals surface area contributed by atoms with E-state index in [-0.39, 0.29) is 31.1 Å². The Bertz CT molecular complexity index is 1550. The van der Waals surface area contributed by atoms with Crippen LogP contribution in [-0.4, -0.2) is 37.2 Å². The van der Waals surface area contributed by atoms with Crippen molar-refractivity contribution in [1.29, 1.82) is 0 Å². The van der Waals surface area contributed by atoms with E-state index in [4.69, 9.17) is 14.2 Å². The molecule has 0 aliphatic carbocycles. The number of unbranched alkanes of at least 4 members (excludes halogenated alkanes) is 40. The van der Waals surface area contributed by atoms with Crippen LogP contribution in [0.1, 0.15) is 361 Å². The molecule has 0 amide bonds. The van der Waals surface area contributed by atoms with Crippen LogP contribution in [0.25, 0.3) is 0 Å². The number of hydrogen-bond donors (Lipinski definition) is 0. The summed E-state index contributed by atoms with van der Waals surface area (Å²) in [7, 11) is 0. The van der Waals surface area contributed by atoms with E-state index in [1.165, 1.54) is 225 Å². The van der Waals surface area contributed by atoms with Gasteiger partial charge in [-0.3, -0.25) is 14.4 Å². The first-order valence-electron chi connectivity index (χ1n) is 35.6. The third-order valence-electron chi connectivity index (χ3n) is 15.6. The van der Waals surface area contributed by atoms with E-state index in [0.29, 0.717) is 19.3 Å². The van der Waals surface area contributed by atoms with E-state index >= 15 is 0 Å². The predicted octanol–water partition coefficient (Wildman–Crippen LogP) is 24.6. The van der Waals surface area contributed by atoms with Crippen molar-refractivity contribution in [1.82, 2.24) is 0 Å². The zero-order valence-electron chi connectivity index (χ0n) is 54.5.